The smallest absolute Gasteiger partial charge is 0.245 e. The number of hydrogen-bond acceptors (Lipinski definition) is 3. The molecule has 1 aliphatic rings. The molecule has 0 radical (unpaired) electrons. The van der Waals surface area contributed by atoms with Crippen LogP contribution in [0.15, 0.2) is 23.1 Å². The van der Waals surface area contributed by atoms with E-state index in [1.54, 1.807) is 6.92 Å². The van der Waals surface area contributed by atoms with Gasteiger partial charge in [0.1, 0.15) is 16.5 Å². The van der Waals surface area contributed by atoms with Crippen molar-refractivity contribution in [2.75, 3.05) is 13.1 Å². The third kappa shape index (κ3) is 2.99. The molecule has 0 aromatic heterocycles. The molecule has 0 aliphatic carbocycles. The molecular weight excluding hydrogens is 288 g/mol. The van der Waals surface area contributed by atoms with Crippen molar-refractivity contribution in [1.82, 2.24) is 4.31 Å². The second-order valence-corrected chi connectivity index (χ2v) is 6.96. The lowest BCUT2D eigenvalue weighted by Gasteiger charge is -2.32. The zero-order chi connectivity index (χ0) is 14.9. The molecule has 1 aromatic rings. The Morgan fingerprint density at radius 2 is 1.90 bits per heavy atom. The highest BCUT2D eigenvalue weighted by Crippen LogP contribution is 2.27. The summed E-state index contributed by atoms with van der Waals surface area (Å²) in [6.45, 7) is 2.14. The van der Waals surface area contributed by atoms with Gasteiger partial charge in [0.25, 0.3) is 0 Å². The molecule has 1 fully saturated rings. The van der Waals surface area contributed by atoms with E-state index in [4.69, 9.17) is 0 Å². The average Bonchev–Trinajstić information content (AvgIpc) is 2.38. The fraction of sp³-hybridized carbons (Fsp3) is 0.538. The van der Waals surface area contributed by atoms with Gasteiger partial charge >= 0.3 is 0 Å². The van der Waals surface area contributed by atoms with Crippen molar-refractivity contribution >= 4 is 10.0 Å². The maximum atomic E-state index is 13.6. The molecule has 1 N–H and O–H groups in total. The molecule has 1 saturated heterocycles. The Bertz CT molecular complexity index is 581. The first-order valence-electron chi connectivity index (χ1n) is 6.45. The molecule has 1 aliphatic heterocycles. The Hall–Kier alpha value is -1.05. The van der Waals surface area contributed by atoms with E-state index in [1.165, 1.54) is 4.31 Å². The summed E-state index contributed by atoms with van der Waals surface area (Å²) in [5.74, 6) is -1.84. The Balaban J connectivity index is 2.20. The van der Waals surface area contributed by atoms with Crippen LogP contribution < -0.4 is 0 Å². The van der Waals surface area contributed by atoms with E-state index in [1.807, 2.05) is 0 Å². The molecule has 20 heavy (non-hydrogen) atoms. The van der Waals surface area contributed by atoms with Crippen LogP contribution in [0.5, 0.6) is 0 Å². The van der Waals surface area contributed by atoms with Crippen molar-refractivity contribution in [2.24, 2.45) is 5.92 Å². The number of aliphatic hydroxyl groups excluding tert-OH is 1. The monoisotopic (exact) mass is 305 g/mol. The van der Waals surface area contributed by atoms with Gasteiger partial charge in [0.15, 0.2) is 0 Å². The maximum absolute atomic E-state index is 13.6. The quantitative estimate of drug-likeness (QED) is 0.925. The van der Waals surface area contributed by atoms with Crippen LogP contribution in [0.4, 0.5) is 8.78 Å². The van der Waals surface area contributed by atoms with E-state index in [2.05, 4.69) is 0 Å². The number of aliphatic hydroxyl groups is 1. The SMILES string of the molecule is CC(O)C1CCN(S(=O)(=O)c2ccc(F)cc2F)CC1. The number of piperidine rings is 1. The van der Waals surface area contributed by atoms with Crippen LogP contribution in [0, 0.1) is 17.6 Å². The number of benzene rings is 1. The van der Waals surface area contributed by atoms with Crippen molar-refractivity contribution in [3.05, 3.63) is 29.8 Å². The minimum Gasteiger partial charge on any atom is -0.393 e. The van der Waals surface area contributed by atoms with Crippen molar-refractivity contribution in [3.8, 4) is 0 Å². The highest BCUT2D eigenvalue weighted by molar-refractivity contribution is 7.89. The molecule has 0 saturated carbocycles. The van der Waals surface area contributed by atoms with Crippen LogP contribution in [0.1, 0.15) is 19.8 Å². The number of hydrogen-bond donors (Lipinski definition) is 1. The van der Waals surface area contributed by atoms with E-state index in [-0.39, 0.29) is 19.0 Å². The molecule has 0 bridgehead atoms. The molecule has 4 nitrogen and oxygen atoms in total. The van der Waals surface area contributed by atoms with Gasteiger partial charge in [-0.05, 0) is 37.8 Å². The maximum Gasteiger partial charge on any atom is 0.245 e. The highest BCUT2D eigenvalue weighted by Gasteiger charge is 2.32. The molecule has 1 unspecified atom stereocenters. The fourth-order valence-electron chi connectivity index (χ4n) is 2.42. The minimum atomic E-state index is -3.95. The Morgan fingerprint density at radius 3 is 2.40 bits per heavy atom. The zero-order valence-electron chi connectivity index (χ0n) is 11.1. The van der Waals surface area contributed by atoms with Crippen LogP contribution in [0.25, 0.3) is 0 Å². The van der Waals surface area contributed by atoms with Gasteiger partial charge in [0.2, 0.25) is 10.0 Å². The zero-order valence-corrected chi connectivity index (χ0v) is 11.9. The van der Waals surface area contributed by atoms with E-state index in [9.17, 15) is 22.3 Å². The lowest BCUT2D eigenvalue weighted by atomic mass is 9.93. The molecule has 2 rings (SSSR count). The predicted molar refractivity (Wildman–Crippen MR) is 69.5 cm³/mol. The van der Waals surface area contributed by atoms with Gasteiger partial charge in [-0.1, -0.05) is 0 Å². The van der Waals surface area contributed by atoms with Crippen LogP contribution in [0.2, 0.25) is 0 Å². The second-order valence-electron chi connectivity index (χ2n) is 5.06. The fourth-order valence-corrected chi connectivity index (χ4v) is 3.94. The normalized spacial score (nSPS) is 20.0. The average molecular weight is 305 g/mol. The first-order valence-corrected chi connectivity index (χ1v) is 7.89. The van der Waals surface area contributed by atoms with Crippen LogP contribution in [0.3, 0.4) is 0 Å². The van der Waals surface area contributed by atoms with Crippen molar-refractivity contribution in [1.29, 1.82) is 0 Å². The third-order valence-corrected chi connectivity index (χ3v) is 5.62. The van der Waals surface area contributed by atoms with E-state index in [0.29, 0.717) is 18.9 Å². The first kappa shape index (κ1) is 15.3. The summed E-state index contributed by atoms with van der Waals surface area (Å²) < 4.78 is 52.2. The molecule has 112 valence electrons. The Labute approximate surface area is 117 Å². The summed E-state index contributed by atoms with van der Waals surface area (Å²) in [4.78, 5) is -0.505. The summed E-state index contributed by atoms with van der Waals surface area (Å²) in [5, 5.41) is 9.49. The lowest BCUT2D eigenvalue weighted by molar-refractivity contribution is 0.0911. The van der Waals surface area contributed by atoms with Gasteiger partial charge in [0, 0.05) is 19.2 Å². The molecule has 0 amide bonds. The van der Waals surface area contributed by atoms with Crippen LogP contribution in [-0.2, 0) is 10.0 Å². The lowest BCUT2D eigenvalue weighted by Crippen LogP contribution is -2.40. The van der Waals surface area contributed by atoms with E-state index < -0.39 is 32.7 Å². The highest BCUT2D eigenvalue weighted by atomic mass is 32.2. The third-order valence-electron chi connectivity index (χ3n) is 3.69. The largest absolute Gasteiger partial charge is 0.393 e. The van der Waals surface area contributed by atoms with Gasteiger partial charge in [-0.3, -0.25) is 0 Å². The number of nitrogens with zero attached hydrogens (tertiary/aromatic N) is 1. The molecule has 7 heteroatoms. The van der Waals surface area contributed by atoms with Gasteiger partial charge < -0.3 is 5.11 Å². The molecular formula is C13H17F2NO3S. The summed E-state index contributed by atoms with van der Waals surface area (Å²) in [6.07, 6.45) is 0.571. The predicted octanol–water partition coefficient (Wildman–Crippen LogP) is 1.75. The molecule has 1 heterocycles. The number of sulfonamides is 1. The Morgan fingerprint density at radius 1 is 1.30 bits per heavy atom. The summed E-state index contributed by atoms with van der Waals surface area (Å²) >= 11 is 0. The summed E-state index contributed by atoms with van der Waals surface area (Å²) in [6, 6.07) is 2.44. The van der Waals surface area contributed by atoms with Crippen LogP contribution >= 0.6 is 0 Å². The summed E-state index contributed by atoms with van der Waals surface area (Å²) in [5.41, 5.74) is 0. The van der Waals surface area contributed by atoms with Crippen molar-refractivity contribution in [2.45, 2.75) is 30.8 Å². The van der Waals surface area contributed by atoms with E-state index in [0.717, 1.165) is 12.1 Å². The van der Waals surface area contributed by atoms with Gasteiger partial charge in [0.05, 0.1) is 6.10 Å². The standard InChI is InChI=1S/C13H17F2NO3S/c1-9(17)10-4-6-16(7-5-10)20(18,19)13-3-2-11(14)8-12(13)15/h2-3,8-10,17H,4-7H2,1H3. The number of rotatable bonds is 3. The first-order chi connectivity index (χ1) is 9.32. The minimum absolute atomic E-state index is 0.0551. The molecule has 1 atom stereocenters. The van der Waals surface area contributed by atoms with Gasteiger partial charge in [-0.25, -0.2) is 17.2 Å². The summed E-state index contributed by atoms with van der Waals surface area (Å²) in [7, 11) is -3.95. The van der Waals surface area contributed by atoms with Crippen molar-refractivity contribution in [3.63, 3.8) is 0 Å². The van der Waals surface area contributed by atoms with Gasteiger partial charge in [-0.2, -0.15) is 4.31 Å². The van der Waals surface area contributed by atoms with Crippen LogP contribution in [-0.4, -0.2) is 37.0 Å². The number of halogens is 2. The second kappa shape index (κ2) is 5.75. The van der Waals surface area contributed by atoms with Gasteiger partial charge in [-0.15, -0.1) is 0 Å². The molecule has 1 aromatic carbocycles. The topological polar surface area (TPSA) is 57.6 Å². The van der Waals surface area contributed by atoms with E-state index >= 15 is 0 Å². The van der Waals surface area contributed by atoms with Crippen molar-refractivity contribution < 1.29 is 22.3 Å². The molecule has 0 spiro atoms. The Kier molecular flexibility index (Phi) is 4.41.